The van der Waals surface area contributed by atoms with Crippen LogP contribution in [0.5, 0.6) is 5.88 Å². The van der Waals surface area contributed by atoms with E-state index in [1.165, 1.54) is 4.88 Å². The van der Waals surface area contributed by atoms with Crippen LogP contribution in [0.15, 0.2) is 18.2 Å². The van der Waals surface area contributed by atoms with E-state index in [2.05, 4.69) is 34.9 Å². The van der Waals surface area contributed by atoms with Crippen LogP contribution in [0.2, 0.25) is 0 Å². The van der Waals surface area contributed by atoms with E-state index in [9.17, 15) is 0 Å². The molecule has 2 rings (SSSR count). The molecule has 0 bridgehead atoms. The van der Waals surface area contributed by atoms with Gasteiger partial charge in [-0.2, -0.15) is 4.98 Å². The van der Waals surface area contributed by atoms with Crippen LogP contribution in [0.25, 0.3) is 10.2 Å². The summed E-state index contributed by atoms with van der Waals surface area (Å²) >= 11 is 1.69. The van der Waals surface area contributed by atoms with Crippen molar-refractivity contribution in [3.05, 3.63) is 23.1 Å². The fraction of sp³-hybridized carbons (Fsp3) is 0.429. The third-order valence-corrected chi connectivity index (χ3v) is 3.92. The van der Waals surface area contributed by atoms with Gasteiger partial charge in [0.25, 0.3) is 0 Å². The van der Waals surface area contributed by atoms with Gasteiger partial charge in [-0.05, 0) is 19.4 Å². The Balaban J connectivity index is 2.33. The van der Waals surface area contributed by atoms with Gasteiger partial charge in [-0.25, -0.2) is 4.98 Å². The molecule has 102 valence electrons. The number of nitrogens with one attached hydrogen (secondary N) is 1. The number of nitrogens with zero attached hydrogens (tertiary/aromatic N) is 2. The molecular formula is C14H19N3OS. The normalized spacial score (nSPS) is 10.7. The first-order chi connectivity index (χ1) is 9.13. The first kappa shape index (κ1) is 13.8. The summed E-state index contributed by atoms with van der Waals surface area (Å²) in [7, 11) is 1.81. The number of aromatic nitrogens is 2. The Kier molecular flexibility index (Phi) is 4.37. The third kappa shape index (κ3) is 3.23. The lowest BCUT2D eigenvalue weighted by molar-refractivity contribution is 0.313. The minimum absolute atomic E-state index is 0.599. The maximum absolute atomic E-state index is 5.79. The molecule has 0 radical (unpaired) electrons. The van der Waals surface area contributed by atoms with Gasteiger partial charge < -0.3 is 10.1 Å². The van der Waals surface area contributed by atoms with Gasteiger partial charge in [-0.1, -0.05) is 12.5 Å². The monoisotopic (exact) mass is 277 g/mol. The Morgan fingerprint density at radius 2 is 2.26 bits per heavy atom. The van der Waals surface area contributed by atoms with E-state index in [1.54, 1.807) is 11.3 Å². The highest BCUT2D eigenvalue weighted by Gasteiger charge is 2.11. The molecule has 0 fully saturated rings. The Hall–Kier alpha value is -1.62. The Morgan fingerprint density at radius 1 is 1.47 bits per heavy atom. The van der Waals surface area contributed by atoms with Crippen molar-refractivity contribution in [2.75, 3.05) is 19.0 Å². The van der Waals surface area contributed by atoms with Crippen LogP contribution in [0.3, 0.4) is 0 Å². The van der Waals surface area contributed by atoms with Crippen molar-refractivity contribution in [3.8, 4) is 5.88 Å². The van der Waals surface area contributed by atoms with Gasteiger partial charge in [0.2, 0.25) is 11.8 Å². The van der Waals surface area contributed by atoms with Crippen LogP contribution in [-0.2, 0) is 6.42 Å². The first-order valence-corrected chi connectivity index (χ1v) is 7.21. The maximum atomic E-state index is 5.79. The highest BCUT2D eigenvalue weighted by Crippen LogP contribution is 2.31. The fourth-order valence-corrected chi connectivity index (χ4v) is 2.62. The minimum Gasteiger partial charge on any atom is -0.477 e. The van der Waals surface area contributed by atoms with Crippen LogP contribution in [0, 0.1) is 0 Å². The summed E-state index contributed by atoms with van der Waals surface area (Å²) in [5.74, 6) is 1.26. The van der Waals surface area contributed by atoms with Crippen molar-refractivity contribution in [1.82, 2.24) is 9.97 Å². The van der Waals surface area contributed by atoms with Crippen LogP contribution >= 0.6 is 11.3 Å². The molecule has 0 amide bonds. The summed E-state index contributed by atoms with van der Waals surface area (Å²) in [5.41, 5.74) is 1.11. The second-order valence-electron chi connectivity index (χ2n) is 4.44. The molecule has 5 heteroatoms. The van der Waals surface area contributed by atoms with E-state index in [4.69, 9.17) is 4.74 Å². The molecule has 0 saturated heterocycles. The average Bonchev–Trinajstić information content (AvgIpc) is 2.81. The van der Waals surface area contributed by atoms with E-state index in [-0.39, 0.29) is 0 Å². The summed E-state index contributed by atoms with van der Waals surface area (Å²) < 4.78 is 5.79. The maximum Gasteiger partial charge on any atom is 0.227 e. The van der Waals surface area contributed by atoms with E-state index >= 15 is 0 Å². The van der Waals surface area contributed by atoms with Crippen LogP contribution in [0.4, 0.5) is 5.95 Å². The van der Waals surface area contributed by atoms with Crippen LogP contribution < -0.4 is 10.1 Å². The van der Waals surface area contributed by atoms with Crippen LogP contribution in [0.1, 0.15) is 25.1 Å². The van der Waals surface area contributed by atoms with Crippen molar-refractivity contribution in [1.29, 1.82) is 0 Å². The van der Waals surface area contributed by atoms with Gasteiger partial charge in [-0.3, -0.25) is 0 Å². The summed E-state index contributed by atoms with van der Waals surface area (Å²) in [6.45, 7) is 8.61. The predicted molar refractivity (Wildman–Crippen MR) is 81.3 cm³/mol. The predicted octanol–water partition coefficient (Wildman–Crippen LogP) is 3.64. The molecule has 0 aromatic carbocycles. The zero-order valence-corrected chi connectivity index (χ0v) is 12.4. The Bertz CT molecular complexity index is 592. The molecule has 0 spiro atoms. The number of aryl methyl sites for hydroxylation is 1. The lowest BCUT2D eigenvalue weighted by Gasteiger charge is -2.07. The summed E-state index contributed by atoms with van der Waals surface area (Å²) in [6, 6.07) is 2.12. The molecule has 4 nitrogen and oxygen atoms in total. The zero-order valence-electron chi connectivity index (χ0n) is 11.6. The van der Waals surface area contributed by atoms with Crippen molar-refractivity contribution < 1.29 is 4.74 Å². The molecule has 0 aliphatic heterocycles. The van der Waals surface area contributed by atoms with Crippen LogP contribution in [-0.4, -0.2) is 23.6 Å². The van der Waals surface area contributed by atoms with Gasteiger partial charge in [-0.15, -0.1) is 17.9 Å². The van der Waals surface area contributed by atoms with E-state index in [1.807, 2.05) is 14.0 Å². The molecule has 2 heterocycles. The molecule has 1 N–H and O–H groups in total. The van der Waals surface area contributed by atoms with E-state index in [0.29, 0.717) is 18.4 Å². The summed E-state index contributed by atoms with van der Waals surface area (Å²) in [6.07, 6.45) is 1.84. The second kappa shape index (κ2) is 6.02. The molecule has 0 aliphatic carbocycles. The van der Waals surface area contributed by atoms with E-state index < -0.39 is 0 Å². The summed E-state index contributed by atoms with van der Waals surface area (Å²) in [5, 5.41) is 3.98. The van der Waals surface area contributed by atoms with E-state index in [0.717, 1.165) is 28.6 Å². The number of thiophene rings is 1. The second-order valence-corrected chi connectivity index (χ2v) is 5.56. The van der Waals surface area contributed by atoms with Gasteiger partial charge in [0.05, 0.1) is 12.0 Å². The number of ether oxygens (including phenoxy) is 1. The average molecular weight is 277 g/mol. The fourth-order valence-electron chi connectivity index (χ4n) is 1.66. The smallest absolute Gasteiger partial charge is 0.227 e. The molecule has 0 atom stereocenters. The van der Waals surface area contributed by atoms with Crippen molar-refractivity contribution in [2.24, 2.45) is 0 Å². The topological polar surface area (TPSA) is 47.0 Å². The Labute approximate surface area is 117 Å². The molecular weight excluding hydrogens is 258 g/mol. The number of rotatable bonds is 6. The lowest BCUT2D eigenvalue weighted by Crippen LogP contribution is -2.03. The highest BCUT2D eigenvalue weighted by atomic mass is 32.1. The number of hydrogen-bond donors (Lipinski definition) is 1. The third-order valence-electron chi connectivity index (χ3n) is 2.75. The number of fused-ring (bicyclic) bond motifs is 1. The lowest BCUT2D eigenvalue weighted by atomic mass is 10.3. The number of hydrogen-bond acceptors (Lipinski definition) is 5. The van der Waals surface area contributed by atoms with Crippen molar-refractivity contribution in [3.63, 3.8) is 0 Å². The van der Waals surface area contributed by atoms with Gasteiger partial charge in [0.15, 0.2) is 0 Å². The molecule has 0 aliphatic rings. The quantitative estimate of drug-likeness (QED) is 0.819. The van der Waals surface area contributed by atoms with Crippen molar-refractivity contribution >= 4 is 27.5 Å². The first-order valence-electron chi connectivity index (χ1n) is 6.39. The van der Waals surface area contributed by atoms with Gasteiger partial charge >= 0.3 is 0 Å². The SMILES string of the molecule is C=C(C)CCOc1nc(NC)nc2sc(CC)cc12. The molecule has 19 heavy (non-hydrogen) atoms. The number of anilines is 1. The van der Waals surface area contributed by atoms with Crippen molar-refractivity contribution in [2.45, 2.75) is 26.7 Å². The molecule has 0 unspecified atom stereocenters. The van der Waals surface area contributed by atoms with Gasteiger partial charge in [0, 0.05) is 18.3 Å². The minimum atomic E-state index is 0.599. The molecule has 2 aromatic heterocycles. The highest BCUT2D eigenvalue weighted by molar-refractivity contribution is 7.18. The largest absolute Gasteiger partial charge is 0.477 e. The standard InChI is InChI=1S/C14H19N3OS/c1-5-10-8-11-12(18-7-6-9(2)3)16-14(15-4)17-13(11)19-10/h8H,2,5-7H2,1,3-4H3,(H,15,16,17). The van der Waals surface area contributed by atoms with Gasteiger partial charge in [0.1, 0.15) is 4.83 Å². The Morgan fingerprint density at radius 3 is 2.89 bits per heavy atom. The zero-order chi connectivity index (χ0) is 13.8. The molecule has 0 saturated carbocycles. The molecule has 2 aromatic rings. The summed E-state index contributed by atoms with van der Waals surface area (Å²) in [4.78, 5) is 11.1.